The third-order valence-electron chi connectivity index (χ3n) is 10.4. The number of nitrogens with one attached hydrogen (secondary N) is 4. The third kappa shape index (κ3) is 8.86. The third-order valence-corrected chi connectivity index (χ3v) is 10.4. The zero-order valence-corrected chi connectivity index (χ0v) is 34.3. The molecular formula is C43H53N9O6. The summed E-state index contributed by atoms with van der Waals surface area (Å²) in [6, 6.07) is 18.1. The van der Waals surface area contributed by atoms with Crippen molar-refractivity contribution in [2.75, 3.05) is 122 Å². The first-order valence-electron chi connectivity index (χ1n) is 19.2. The summed E-state index contributed by atoms with van der Waals surface area (Å²) < 4.78 is 10.8. The Morgan fingerprint density at radius 3 is 1.34 bits per heavy atom. The molecular weight excluding hydrogens is 739 g/mol. The minimum Gasteiger partial charge on any atom is -0.497 e. The van der Waals surface area contributed by atoms with Crippen LogP contribution in [0.15, 0.2) is 70.3 Å². The molecule has 0 saturated carbocycles. The summed E-state index contributed by atoms with van der Waals surface area (Å²) in [5.41, 5.74) is 4.64. The van der Waals surface area contributed by atoms with Crippen LogP contribution in [0, 0.1) is 0 Å². The number of aromatic nitrogens is 2. The Balaban J connectivity index is 1.22. The van der Waals surface area contributed by atoms with E-state index in [1.165, 1.54) is 0 Å². The van der Waals surface area contributed by atoms with Crippen LogP contribution in [0.5, 0.6) is 11.5 Å². The number of methoxy groups -OCH3 is 2. The predicted molar refractivity (Wildman–Crippen MR) is 236 cm³/mol. The van der Waals surface area contributed by atoms with Gasteiger partial charge in [-0.3, -0.25) is 19.2 Å². The molecule has 4 aromatic carbocycles. The number of likely N-dealkylation sites (N-methyl/N-ethyl adjacent to an activating group) is 3. The number of carbonyl (C=O) groups is 2. The van der Waals surface area contributed by atoms with Crippen molar-refractivity contribution in [3.8, 4) is 11.5 Å². The van der Waals surface area contributed by atoms with Crippen molar-refractivity contribution >= 4 is 79.2 Å². The molecule has 0 bridgehead atoms. The van der Waals surface area contributed by atoms with Crippen LogP contribution in [0.2, 0.25) is 0 Å². The number of ether oxygens (including phenoxy) is 2. The van der Waals surface area contributed by atoms with Crippen LogP contribution in [0.25, 0.3) is 43.6 Å². The van der Waals surface area contributed by atoms with Crippen LogP contribution >= 0.6 is 0 Å². The van der Waals surface area contributed by atoms with Crippen LogP contribution in [0.1, 0.15) is 0 Å². The van der Waals surface area contributed by atoms with Gasteiger partial charge in [0.1, 0.15) is 11.5 Å². The molecule has 0 aliphatic carbocycles. The largest absolute Gasteiger partial charge is 0.497 e. The second-order valence-corrected chi connectivity index (χ2v) is 14.9. The van der Waals surface area contributed by atoms with Gasteiger partial charge >= 0.3 is 0 Å². The number of rotatable bonds is 20. The summed E-state index contributed by atoms with van der Waals surface area (Å²) in [4.78, 5) is 69.1. The van der Waals surface area contributed by atoms with Crippen LogP contribution in [-0.2, 0) is 9.59 Å². The lowest BCUT2D eigenvalue weighted by Gasteiger charge is -2.23. The first-order valence-corrected chi connectivity index (χ1v) is 19.2. The molecule has 0 saturated heterocycles. The number of anilines is 4. The van der Waals surface area contributed by atoms with Crippen molar-refractivity contribution < 1.29 is 19.1 Å². The van der Waals surface area contributed by atoms with Gasteiger partial charge in [0.05, 0.1) is 58.4 Å². The summed E-state index contributed by atoms with van der Waals surface area (Å²) >= 11 is 0. The number of pyridine rings is 2. The molecule has 0 atom stereocenters. The number of hydrogen-bond donors (Lipinski definition) is 4. The molecule has 4 N–H and O–H groups in total. The fraction of sp³-hybridized carbons (Fsp3) is 0.349. The van der Waals surface area contributed by atoms with E-state index in [-0.39, 0.29) is 10.9 Å². The van der Waals surface area contributed by atoms with Crippen molar-refractivity contribution in [2.45, 2.75) is 0 Å². The van der Waals surface area contributed by atoms with E-state index in [0.29, 0.717) is 130 Å². The maximum absolute atomic E-state index is 14.1. The first-order chi connectivity index (χ1) is 28.0. The minimum absolute atomic E-state index is 0.170. The highest BCUT2D eigenvalue weighted by molar-refractivity contribution is 6.08. The van der Waals surface area contributed by atoms with Crippen LogP contribution in [-0.4, -0.2) is 139 Å². The summed E-state index contributed by atoms with van der Waals surface area (Å²) in [5.74, 6) is 1.15. The number of aromatic amines is 2. The Bertz CT molecular complexity index is 2380. The Morgan fingerprint density at radius 1 is 0.569 bits per heavy atom. The van der Waals surface area contributed by atoms with Gasteiger partial charge in [0.2, 0.25) is 12.8 Å². The lowest BCUT2D eigenvalue weighted by atomic mass is 10.1. The molecule has 0 spiro atoms. The SMILES string of the molecule is COc1ccc2[nH]c3c(N(C=O)CCN(C)C)ccc(NCCN(C)CCNc4ccc(N(C=O)CCN(C)C)c5[nH]c6ccc(OC)cc6c(=O)c45)c3c(=O)c2c1. The van der Waals surface area contributed by atoms with Crippen molar-refractivity contribution in [3.63, 3.8) is 0 Å². The lowest BCUT2D eigenvalue weighted by Crippen LogP contribution is -2.31. The molecule has 2 amide bonds. The van der Waals surface area contributed by atoms with Crippen molar-refractivity contribution in [3.05, 3.63) is 81.1 Å². The maximum Gasteiger partial charge on any atom is 0.214 e. The molecule has 0 aliphatic heterocycles. The highest BCUT2D eigenvalue weighted by Crippen LogP contribution is 2.33. The molecule has 6 rings (SSSR count). The molecule has 2 heterocycles. The van der Waals surface area contributed by atoms with Gasteiger partial charge in [-0.1, -0.05) is 0 Å². The number of hydrogen-bond acceptors (Lipinski definition) is 11. The molecule has 0 aliphatic rings. The van der Waals surface area contributed by atoms with Crippen molar-refractivity contribution in [1.29, 1.82) is 0 Å². The standard InChI is InChI=1S/C43H53N9O6/c1-48(2)20-22-51(26-53)36-14-12-34(38-40(36)46-32-10-8-28(57-6)24-30(32)42(38)55)44-16-18-50(5)19-17-45-35-13-15-37(52(27-54)23-21-49(3)4)41-39(35)43(56)31-25-29(58-7)9-11-33(31)47-41/h8-15,24-27,44-45H,16-23H2,1-7H3,(H,46,55)(H,47,56). The molecule has 6 aromatic rings. The highest BCUT2D eigenvalue weighted by Gasteiger charge is 2.20. The number of carbonyl (C=O) groups excluding carboxylic acids is 2. The second kappa shape index (κ2) is 18.4. The number of fused-ring (bicyclic) bond motifs is 4. The highest BCUT2D eigenvalue weighted by atomic mass is 16.5. The zero-order valence-electron chi connectivity index (χ0n) is 34.3. The quantitative estimate of drug-likeness (QED) is 0.0649. The lowest BCUT2D eigenvalue weighted by molar-refractivity contribution is -0.108. The van der Waals surface area contributed by atoms with Gasteiger partial charge in [0.15, 0.2) is 10.9 Å². The van der Waals surface area contributed by atoms with Gasteiger partial charge in [-0.05, 0) is 95.9 Å². The molecule has 0 radical (unpaired) electrons. The second-order valence-electron chi connectivity index (χ2n) is 14.9. The fourth-order valence-electron chi connectivity index (χ4n) is 7.06. The van der Waals surface area contributed by atoms with Gasteiger partial charge in [-0.25, -0.2) is 0 Å². The Labute approximate surface area is 337 Å². The Hall–Kier alpha value is -6.16. The molecule has 58 heavy (non-hydrogen) atoms. The fourth-order valence-corrected chi connectivity index (χ4v) is 7.06. The monoisotopic (exact) mass is 791 g/mol. The van der Waals surface area contributed by atoms with E-state index in [2.05, 4.69) is 25.5 Å². The summed E-state index contributed by atoms with van der Waals surface area (Å²) in [5, 5.41) is 8.83. The first kappa shape index (κ1) is 41.5. The number of nitrogens with zero attached hydrogens (tertiary/aromatic N) is 5. The normalized spacial score (nSPS) is 11.6. The zero-order chi connectivity index (χ0) is 41.5. The number of benzene rings is 4. The smallest absolute Gasteiger partial charge is 0.214 e. The van der Waals surface area contributed by atoms with Gasteiger partial charge < -0.3 is 54.6 Å². The molecule has 0 unspecified atom stereocenters. The number of amides is 2. The van der Waals surface area contributed by atoms with Crippen molar-refractivity contribution in [2.24, 2.45) is 0 Å². The van der Waals surface area contributed by atoms with E-state index >= 15 is 0 Å². The van der Waals surface area contributed by atoms with Crippen LogP contribution in [0.3, 0.4) is 0 Å². The Morgan fingerprint density at radius 2 is 0.983 bits per heavy atom. The van der Waals surface area contributed by atoms with Crippen LogP contribution < -0.4 is 40.8 Å². The average Bonchev–Trinajstić information content (AvgIpc) is 3.21. The van der Waals surface area contributed by atoms with Gasteiger partial charge in [-0.15, -0.1) is 0 Å². The minimum atomic E-state index is -0.170. The summed E-state index contributed by atoms with van der Waals surface area (Å²) in [6.45, 7) is 4.53. The summed E-state index contributed by atoms with van der Waals surface area (Å²) in [7, 11) is 12.9. The molecule has 306 valence electrons. The van der Waals surface area contributed by atoms with Crippen molar-refractivity contribution in [1.82, 2.24) is 24.7 Å². The average molecular weight is 792 g/mol. The Kier molecular flexibility index (Phi) is 13.2. The van der Waals surface area contributed by atoms with Gasteiger partial charge in [0.25, 0.3) is 0 Å². The number of H-pyrrole nitrogens is 2. The molecule has 15 heteroatoms. The van der Waals surface area contributed by atoms with E-state index < -0.39 is 0 Å². The van der Waals surface area contributed by atoms with E-state index in [4.69, 9.17) is 9.47 Å². The molecule has 15 nitrogen and oxygen atoms in total. The topological polar surface area (TPSA) is 159 Å². The molecule has 2 aromatic heterocycles. The van der Waals surface area contributed by atoms with Gasteiger partial charge in [-0.2, -0.15) is 0 Å². The van der Waals surface area contributed by atoms with Gasteiger partial charge in [0, 0.05) is 74.5 Å². The van der Waals surface area contributed by atoms with E-state index in [1.54, 1.807) is 48.3 Å². The van der Waals surface area contributed by atoms with E-state index in [9.17, 15) is 19.2 Å². The summed E-state index contributed by atoms with van der Waals surface area (Å²) in [6.07, 6.45) is 1.59. The van der Waals surface area contributed by atoms with E-state index in [0.717, 1.165) is 12.8 Å². The molecule has 0 fully saturated rings. The van der Waals surface area contributed by atoms with Crippen LogP contribution in [0.4, 0.5) is 22.7 Å². The maximum atomic E-state index is 14.1. The predicted octanol–water partition coefficient (Wildman–Crippen LogP) is 4.20. The van der Waals surface area contributed by atoms with E-state index in [1.807, 2.05) is 81.4 Å².